The summed E-state index contributed by atoms with van der Waals surface area (Å²) in [6.07, 6.45) is -0.529. The predicted octanol–water partition coefficient (Wildman–Crippen LogP) is 3.08. The second-order valence-corrected chi connectivity index (χ2v) is 8.92. The van der Waals surface area contributed by atoms with Gasteiger partial charge in [-0.1, -0.05) is 16.5 Å². The first-order valence-corrected chi connectivity index (χ1v) is 11.7. The summed E-state index contributed by atoms with van der Waals surface area (Å²) >= 11 is 6.63. The van der Waals surface area contributed by atoms with Crippen molar-refractivity contribution in [1.82, 2.24) is 29.7 Å². The molecule has 13 heteroatoms. The second-order valence-electron chi connectivity index (χ2n) is 7.29. The van der Waals surface area contributed by atoms with Gasteiger partial charge in [-0.25, -0.2) is 9.48 Å². The minimum absolute atomic E-state index is 0.300. The average Bonchev–Trinajstić information content (AvgIpc) is 3.41. The van der Waals surface area contributed by atoms with E-state index in [2.05, 4.69) is 30.4 Å². The molecule has 1 amide bonds. The molecular weight excluding hydrogens is 466 g/mol. The zero-order chi connectivity index (χ0) is 23.2. The second kappa shape index (κ2) is 10.8. The molecule has 176 valence electrons. The van der Waals surface area contributed by atoms with Crippen LogP contribution in [-0.2, 0) is 18.0 Å². The zero-order valence-electron chi connectivity index (χ0n) is 18.4. The first-order valence-electron chi connectivity index (χ1n) is 10.5. The van der Waals surface area contributed by atoms with Crippen LogP contribution in [0.3, 0.4) is 0 Å². The van der Waals surface area contributed by atoms with Gasteiger partial charge in [0.1, 0.15) is 5.75 Å². The van der Waals surface area contributed by atoms with Crippen LogP contribution in [0.15, 0.2) is 28.8 Å². The molecule has 1 aliphatic rings. The number of carbonyl (C=O) groups excluding carboxylic acids is 1. The van der Waals surface area contributed by atoms with E-state index in [9.17, 15) is 4.79 Å². The summed E-state index contributed by atoms with van der Waals surface area (Å²) in [5.41, 5.74) is 0.882. The van der Waals surface area contributed by atoms with Gasteiger partial charge in [-0.3, -0.25) is 15.1 Å². The van der Waals surface area contributed by atoms with Crippen molar-refractivity contribution in [3.05, 3.63) is 34.1 Å². The van der Waals surface area contributed by atoms with Crippen molar-refractivity contribution in [1.29, 1.82) is 0 Å². The van der Waals surface area contributed by atoms with Crippen molar-refractivity contribution in [3.63, 3.8) is 0 Å². The first kappa shape index (κ1) is 23.3. The number of aromatic nitrogens is 4. The minimum Gasteiger partial charge on any atom is -0.497 e. The van der Waals surface area contributed by atoms with Gasteiger partial charge in [-0.05, 0) is 43.4 Å². The molecule has 0 bridgehead atoms. The van der Waals surface area contributed by atoms with Gasteiger partial charge in [-0.15, -0.1) is 5.10 Å². The maximum Gasteiger partial charge on any atom is 0.413 e. The smallest absolute Gasteiger partial charge is 0.413 e. The van der Waals surface area contributed by atoms with Gasteiger partial charge in [0, 0.05) is 31.7 Å². The van der Waals surface area contributed by atoms with E-state index >= 15 is 0 Å². The molecule has 1 saturated heterocycles. The number of hydrogen-bond donors (Lipinski definition) is 1. The van der Waals surface area contributed by atoms with E-state index in [4.69, 9.17) is 26.2 Å². The highest BCUT2D eigenvalue weighted by atomic mass is 32.1. The van der Waals surface area contributed by atoms with Gasteiger partial charge < -0.3 is 14.0 Å². The molecule has 0 aliphatic carbocycles. The minimum atomic E-state index is -0.529. The van der Waals surface area contributed by atoms with Gasteiger partial charge in [0.2, 0.25) is 16.8 Å². The molecule has 0 spiro atoms. The van der Waals surface area contributed by atoms with Crippen LogP contribution >= 0.6 is 23.6 Å². The van der Waals surface area contributed by atoms with Crippen LogP contribution in [0.4, 0.5) is 9.93 Å². The topological polar surface area (TPSA) is 111 Å². The molecule has 1 fully saturated rings. The van der Waals surface area contributed by atoms with Gasteiger partial charge in [0.15, 0.2) is 3.95 Å². The third-order valence-electron chi connectivity index (χ3n) is 5.06. The SMILES string of the molecule is CCOC(=O)Nc1nn(CN2CCN(Cc3nc(-c4ccc(OC)cc4)no3)CC2)c(=S)s1. The lowest BCUT2D eigenvalue weighted by Gasteiger charge is -2.33. The Hall–Kier alpha value is -2.87. The fraction of sp³-hybridized carbons (Fsp3) is 0.450. The van der Waals surface area contributed by atoms with E-state index < -0.39 is 6.09 Å². The number of piperazine rings is 1. The third-order valence-corrected chi connectivity index (χ3v) is 6.29. The third kappa shape index (κ3) is 6.13. The number of anilines is 1. The molecule has 2 aromatic heterocycles. The zero-order valence-corrected chi connectivity index (χ0v) is 20.0. The maximum absolute atomic E-state index is 11.6. The monoisotopic (exact) mass is 491 g/mol. The molecule has 11 nitrogen and oxygen atoms in total. The molecule has 0 atom stereocenters. The maximum atomic E-state index is 11.6. The lowest BCUT2D eigenvalue weighted by molar-refractivity contribution is 0.0912. The average molecular weight is 492 g/mol. The number of nitrogens with one attached hydrogen (secondary N) is 1. The molecule has 4 rings (SSSR count). The summed E-state index contributed by atoms with van der Waals surface area (Å²) < 4.78 is 17.8. The van der Waals surface area contributed by atoms with Crippen molar-refractivity contribution in [2.45, 2.75) is 20.1 Å². The Kier molecular flexibility index (Phi) is 7.65. The fourth-order valence-corrected chi connectivity index (χ4v) is 4.33. The lowest BCUT2D eigenvalue weighted by atomic mass is 10.2. The number of ether oxygens (including phenoxy) is 2. The Morgan fingerprint density at radius 3 is 2.64 bits per heavy atom. The molecule has 33 heavy (non-hydrogen) atoms. The number of methoxy groups -OCH3 is 1. The molecule has 0 saturated carbocycles. The number of carbonyl (C=O) groups is 1. The van der Waals surface area contributed by atoms with Gasteiger partial charge in [-0.2, -0.15) is 4.98 Å². The fourth-order valence-electron chi connectivity index (χ4n) is 3.35. The number of rotatable bonds is 8. The van der Waals surface area contributed by atoms with Crippen molar-refractivity contribution in [2.24, 2.45) is 0 Å². The highest BCUT2D eigenvalue weighted by Crippen LogP contribution is 2.20. The van der Waals surface area contributed by atoms with Crippen LogP contribution < -0.4 is 10.1 Å². The number of amides is 1. The molecule has 1 N–H and O–H groups in total. The Balaban J connectivity index is 1.27. The van der Waals surface area contributed by atoms with Crippen molar-refractivity contribution in [3.8, 4) is 17.1 Å². The van der Waals surface area contributed by atoms with Crippen LogP contribution in [0.2, 0.25) is 0 Å². The van der Waals surface area contributed by atoms with E-state index in [0.29, 0.717) is 40.6 Å². The molecule has 1 aliphatic heterocycles. The van der Waals surface area contributed by atoms with E-state index in [1.807, 2.05) is 24.3 Å². The van der Waals surface area contributed by atoms with Crippen LogP contribution in [-0.4, -0.2) is 75.7 Å². The van der Waals surface area contributed by atoms with Crippen molar-refractivity contribution in [2.75, 3.05) is 45.2 Å². The first-order chi connectivity index (χ1) is 16.0. The summed E-state index contributed by atoms with van der Waals surface area (Å²) in [5, 5.41) is 11.5. The summed E-state index contributed by atoms with van der Waals surface area (Å²) in [6, 6.07) is 7.55. The number of nitrogens with zero attached hydrogens (tertiary/aromatic N) is 6. The van der Waals surface area contributed by atoms with Gasteiger partial charge >= 0.3 is 6.09 Å². The Bertz CT molecular complexity index is 1120. The Morgan fingerprint density at radius 2 is 1.94 bits per heavy atom. The van der Waals surface area contributed by atoms with E-state index in [0.717, 1.165) is 37.5 Å². The molecule has 3 heterocycles. The van der Waals surface area contributed by atoms with E-state index in [-0.39, 0.29) is 0 Å². The summed E-state index contributed by atoms with van der Waals surface area (Å²) in [7, 11) is 1.63. The lowest BCUT2D eigenvalue weighted by Crippen LogP contribution is -2.46. The molecule has 1 aromatic carbocycles. The number of hydrogen-bond acceptors (Lipinski definition) is 11. The van der Waals surface area contributed by atoms with Crippen LogP contribution in [0, 0.1) is 3.95 Å². The van der Waals surface area contributed by atoms with Crippen LogP contribution in [0.5, 0.6) is 5.75 Å². The van der Waals surface area contributed by atoms with Gasteiger partial charge in [0.05, 0.1) is 26.9 Å². The predicted molar refractivity (Wildman–Crippen MR) is 125 cm³/mol. The van der Waals surface area contributed by atoms with Gasteiger partial charge in [0.25, 0.3) is 0 Å². The molecule has 0 radical (unpaired) electrons. The highest BCUT2D eigenvalue weighted by molar-refractivity contribution is 7.73. The summed E-state index contributed by atoms with van der Waals surface area (Å²) in [5.74, 6) is 1.94. The van der Waals surface area contributed by atoms with Crippen molar-refractivity contribution >= 4 is 34.8 Å². The highest BCUT2D eigenvalue weighted by Gasteiger charge is 2.20. The quantitative estimate of drug-likeness (QED) is 0.472. The molecule has 0 unspecified atom stereocenters. The Morgan fingerprint density at radius 1 is 1.21 bits per heavy atom. The molecular formula is C20H25N7O4S2. The van der Waals surface area contributed by atoms with E-state index in [1.165, 1.54) is 11.3 Å². The standard InChI is InChI=1S/C20H25N7O4S2/c1-3-30-19(28)22-18-23-27(20(32)33-18)13-26-10-8-25(9-11-26)12-16-21-17(24-31-16)14-4-6-15(29-2)7-5-14/h4-7H,3,8-13H2,1-2H3,(H,22,23,28). The van der Waals surface area contributed by atoms with Crippen LogP contribution in [0.25, 0.3) is 11.4 Å². The summed E-state index contributed by atoms with van der Waals surface area (Å²) in [4.78, 5) is 20.6. The largest absolute Gasteiger partial charge is 0.497 e. The van der Waals surface area contributed by atoms with E-state index in [1.54, 1.807) is 18.7 Å². The number of benzene rings is 1. The summed E-state index contributed by atoms with van der Waals surface area (Å²) in [6.45, 7) is 6.61. The normalized spacial score (nSPS) is 14.8. The Labute approximate surface area is 199 Å². The van der Waals surface area contributed by atoms with Crippen molar-refractivity contribution < 1.29 is 18.8 Å². The molecule has 3 aromatic rings. The van der Waals surface area contributed by atoms with Crippen LogP contribution in [0.1, 0.15) is 12.8 Å².